The highest BCUT2D eigenvalue weighted by Gasteiger charge is 2.31. The summed E-state index contributed by atoms with van der Waals surface area (Å²) in [6, 6.07) is 0. The van der Waals surface area contributed by atoms with E-state index in [0.717, 1.165) is 19.4 Å². The molecule has 1 saturated heterocycles. The summed E-state index contributed by atoms with van der Waals surface area (Å²) in [5, 5.41) is 3.13. The van der Waals surface area contributed by atoms with Crippen molar-refractivity contribution in [2.45, 2.75) is 19.8 Å². The van der Waals surface area contributed by atoms with Crippen LogP contribution in [0.4, 0.5) is 0 Å². The van der Waals surface area contributed by atoms with Gasteiger partial charge in [-0.2, -0.15) is 17.0 Å². The van der Waals surface area contributed by atoms with Crippen LogP contribution >= 0.6 is 0 Å². The maximum Gasteiger partial charge on any atom is 0.281 e. The van der Waals surface area contributed by atoms with E-state index in [1.165, 1.54) is 4.31 Å². The standard InChI is InChI=1S/C12H27N3O3S/c1-4-18-9-8-14(3)19(16,17)15-7-5-6-12(11-15)10-13-2/h12-13H,4-11H2,1-3H3. The molecule has 1 heterocycles. The molecule has 19 heavy (non-hydrogen) atoms. The number of likely N-dealkylation sites (N-methyl/N-ethyl adjacent to an activating group) is 1. The summed E-state index contributed by atoms with van der Waals surface area (Å²) in [5.41, 5.74) is 0. The largest absolute Gasteiger partial charge is 0.380 e. The number of hydrogen-bond donors (Lipinski definition) is 1. The van der Waals surface area contributed by atoms with Gasteiger partial charge in [-0.05, 0) is 39.3 Å². The van der Waals surface area contributed by atoms with E-state index in [2.05, 4.69) is 5.32 Å². The van der Waals surface area contributed by atoms with Gasteiger partial charge >= 0.3 is 0 Å². The van der Waals surface area contributed by atoms with E-state index in [-0.39, 0.29) is 0 Å². The van der Waals surface area contributed by atoms with Crippen LogP contribution in [0.25, 0.3) is 0 Å². The summed E-state index contributed by atoms with van der Waals surface area (Å²) in [4.78, 5) is 0. The molecule has 0 aromatic carbocycles. The van der Waals surface area contributed by atoms with Gasteiger partial charge in [-0.25, -0.2) is 0 Å². The molecule has 0 aromatic heterocycles. The minimum absolute atomic E-state index is 0.406. The van der Waals surface area contributed by atoms with Crippen LogP contribution in [0.3, 0.4) is 0 Å². The average Bonchev–Trinajstić information content (AvgIpc) is 2.39. The van der Waals surface area contributed by atoms with Crippen molar-refractivity contribution >= 4 is 10.2 Å². The normalized spacial score (nSPS) is 22.0. The number of nitrogens with one attached hydrogen (secondary N) is 1. The Balaban J connectivity index is 2.55. The monoisotopic (exact) mass is 293 g/mol. The van der Waals surface area contributed by atoms with Crippen LogP contribution < -0.4 is 5.32 Å². The lowest BCUT2D eigenvalue weighted by molar-refractivity contribution is 0.136. The molecule has 0 amide bonds. The first-order chi connectivity index (χ1) is 9.02. The molecule has 0 spiro atoms. The van der Waals surface area contributed by atoms with Gasteiger partial charge in [-0.1, -0.05) is 0 Å². The van der Waals surface area contributed by atoms with E-state index < -0.39 is 10.2 Å². The van der Waals surface area contributed by atoms with E-state index in [1.54, 1.807) is 11.4 Å². The number of piperidine rings is 1. The van der Waals surface area contributed by atoms with Crippen LogP contribution in [0.5, 0.6) is 0 Å². The molecule has 1 atom stereocenters. The summed E-state index contributed by atoms with van der Waals surface area (Å²) in [7, 11) is 0.191. The Labute approximate surface area is 117 Å². The minimum Gasteiger partial charge on any atom is -0.380 e. The Bertz CT molecular complexity index is 346. The third-order valence-corrected chi connectivity index (χ3v) is 5.40. The molecule has 0 saturated carbocycles. The number of ether oxygens (including phenoxy) is 1. The van der Waals surface area contributed by atoms with Crippen molar-refractivity contribution < 1.29 is 13.2 Å². The van der Waals surface area contributed by atoms with Crippen LogP contribution in [0, 0.1) is 5.92 Å². The number of nitrogens with zero attached hydrogens (tertiary/aromatic N) is 2. The van der Waals surface area contributed by atoms with Gasteiger partial charge < -0.3 is 10.1 Å². The fraction of sp³-hybridized carbons (Fsp3) is 1.00. The lowest BCUT2D eigenvalue weighted by Gasteiger charge is -2.34. The van der Waals surface area contributed by atoms with E-state index in [0.29, 0.717) is 38.8 Å². The topological polar surface area (TPSA) is 61.9 Å². The van der Waals surface area contributed by atoms with Crippen molar-refractivity contribution in [3.63, 3.8) is 0 Å². The van der Waals surface area contributed by atoms with Crippen LogP contribution in [0.15, 0.2) is 0 Å². The summed E-state index contributed by atoms with van der Waals surface area (Å²) < 4.78 is 33.0. The average molecular weight is 293 g/mol. The molecule has 0 bridgehead atoms. The smallest absolute Gasteiger partial charge is 0.281 e. The summed E-state index contributed by atoms with van der Waals surface area (Å²) >= 11 is 0. The molecular weight excluding hydrogens is 266 g/mol. The van der Waals surface area contributed by atoms with Gasteiger partial charge in [-0.15, -0.1) is 0 Å². The first kappa shape index (κ1) is 16.8. The fourth-order valence-corrected chi connectivity index (χ4v) is 3.80. The molecule has 114 valence electrons. The maximum atomic E-state index is 12.4. The molecule has 1 rings (SSSR count). The van der Waals surface area contributed by atoms with E-state index in [4.69, 9.17) is 4.74 Å². The Kier molecular flexibility index (Phi) is 7.23. The highest BCUT2D eigenvalue weighted by molar-refractivity contribution is 7.86. The molecule has 0 aliphatic carbocycles. The summed E-state index contributed by atoms with van der Waals surface area (Å²) in [6.07, 6.45) is 2.03. The number of hydrogen-bond acceptors (Lipinski definition) is 4. The predicted octanol–water partition coefficient (Wildman–Crippen LogP) is 0.131. The molecule has 0 aromatic rings. The zero-order valence-electron chi connectivity index (χ0n) is 12.3. The Hall–Kier alpha value is -0.210. The Morgan fingerprint density at radius 3 is 2.84 bits per heavy atom. The molecule has 1 fully saturated rings. The second kappa shape index (κ2) is 8.16. The van der Waals surface area contributed by atoms with Crippen molar-refractivity contribution in [3.05, 3.63) is 0 Å². The van der Waals surface area contributed by atoms with Crippen LogP contribution in [-0.4, -0.2) is 70.5 Å². The first-order valence-electron chi connectivity index (χ1n) is 6.96. The lowest BCUT2D eigenvalue weighted by Crippen LogP contribution is -2.48. The molecule has 1 unspecified atom stereocenters. The molecule has 1 N–H and O–H groups in total. The van der Waals surface area contributed by atoms with Crippen molar-refractivity contribution in [3.8, 4) is 0 Å². The third kappa shape index (κ3) is 5.00. The van der Waals surface area contributed by atoms with Gasteiger partial charge in [0.1, 0.15) is 0 Å². The van der Waals surface area contributed by atoms with Crippen LogP contribution in [-0.2, 0) is 14.9 Å². The predicted molar refractivity (Wildman–Crippen MR) is 76.3 cm³/mol. The van der Waals surface area contributed by atoms with Gasteiger partial charge in [0.25, 0.3) is 10.2 Å². The third-order valence-electron chi connectivity index (χ3n) is 3.45. The van der Waals surface area contributed by atoms with E-state index in [1.807, 2.05) is 14.0 Å². The summed E-state index contributed by atoms with van der Waals surface area (Å²) in [6.45, 7) is 5.48. The van der Waals surface area contributed by atoms with Crippen LogP contribution in [0.1, 0.15) is 19.8 Å². The number of rotatable bonds is 8. The van der Waals surface area contributed by atoms with Gasteiger partial charge in [-0.3, -0.25) is 0 Å². The molecule has 1 aliphatic rings. The highest BCUT2D eigenvalue weighted by atomic mass is 32.2. The minimum atomic E-state index is -3.33. The molecule has 0 radical (unpaired) electrons. The molecular formula is C12H27N3O3S. The van der Waals surface area contributed by atoms with E-state index in [9.17, 15) is 8.42 Å². The second-order valence-electron chi connectivity index (χ2n) is 4.95. The second-order valence-corrected chi connectivity index (χ2v) is 6.99. The van der Waals surface area contributed by atoms with Gasteiger partial charge in [0.05, 0.1) is 6.61 Å². The Morgan fingerprint density at radius 1 is 1.47 bits per heavy atom. The maximum absolute atomic E-state index is 12.4. The quantitative estimate of drug-likeness (QED) is 0.646. The van der Waals surface area contributed by atoms with Gasteiger partial charge in [0, 0.05) is 33.3 Å². The zero-order valence-corrected chi connectivity index (χ0v) is 13.1. The highest BCUT2D eigenvalue weighted by Crippen LogP contribution is 2.20. The fourth-order valence-electron chi connectivity index (χ4n) is 2.34. The molecule has 1 aliphatic heterocycles. The SMILES string of the molecule is CCOCCN(C)S(=O)(=O)N1CCCC(CNC)C1. The van der Waals surface area contributed by atoms with Crippen molar-refractivity contribution in [2.75, 3.05) is 53.5 Å². The van der Waals surface area contributed by atoms with Crippen LogP contribution in [0.2, 0.25) is 0 Å². The molecule has 6 nitrogen and oxygen atoms in total. The van der Waals surface area contributed by atoms with Crippen molar-refractivity contribution in [2.24, 2.45) is 5.92 Å². The van der Waals surface area contributed by atoms with Gasteiger partial charge in [0.2, 0.25) is 0 Å². The van der Waals surface area contributed by atoms with Gasteiger partial charge in [0.15, 0.2) is 0 Å². The lowest BCUT2D eigenvalue weighted by atomic mass is 10.00. The Morgan fingerprint density at radius 2 is 2.21 bits per heavy atom. The molecule has 7 heteroatoms. The van der Waals surface area contributed by atoms with Crippen molar-refractivity contribution in [1.82, 2.24) is 13.9 Å². The first-order valence-corrected chi connectivity index (χ1v) is 8.35. The summed E-state index contributed by atoms with van der Waals surface area (Å²) in [5.74, 6) is 0.411. The van der Waals surface area contributed by atoms with E-state index >= 15 is 0 Å². The zero-order chi connectivity index (χ0) is 14.3. The van der Waals surface area contributed by atoms with Crippen molar-refractivity contribution in [1.29, 1.82) is 0 Å².